The molecule has 40 heavy (non-hydrogen) atoms. The first kappa shape index (κ1) is 28.8. The van der Waals surface area contributed by atoms with Gasteiger partial charge in [0.25, 0.3) is 15.9 Å². The number of nitrogens with one attached hydrogen (secondary N) is 1. The van der Waals surface area contributed by atoms with Crippen molar-refractivity contribution in [1.82, 2.24) is 5.43 Å². The maximum absolute atomic E-state index is 13.4. The predicted molar refractivity (Wildman–Crippen MR) is 159 cm³/mol. The van der Waals surface area contributed by atoms with Crippen LogP contribution in [0.3, 0.4) is 0 Å². The smallest absolute Gasteiger partial charge is 0.264 e. The zero-order valence-corrected chi connectivity index (χ0v) is 24.1. The van der Waals surface area contributed by atoms with E-state index in [4.69, 9.17) is 9.47 Å². The van der Waals surface area contributed by atoms with Crippen molar-refractivity contribution in [3.63, 3.8) is 0 Å². The summed E-state index contributed by atoms with van der Waals surface area (Å²) in [7, 11) is -4.02. The highest BCUT2D eigenvalue weighted by molar-refractivity contribution is 9.10. The van der Waals surface area contributed by atoms with Crippen molar-refractivity contribution in [2.24, 2.45) is 5.10 Å². The minimum Gasteiger partial charge on any atom is -0.494 e. The van der Waals surface area contributed by atoms with Gasteiger partial charge in [0.15, 0.2) is 0 Å². The van der Waals surface area contributed by atoms with Crippen molar-refractivity contribution in [1.29, 1.82) is 0 Å². The maximum Gasteiger partial charge on any atom is 0.264 e. The van der Waals surface area contributed by atoms with Gasteiger partial charge in [-0.05, 0) is 90.8 Å². The van der Waals surface area contributed by atoms with Gasteiger partial charge in [0.05, 0.1) is 23.4 Å². The molecule has 1 amide bonds. The van der Waals surface area contributed by atoms with E-state index in [2.05, 4.69) is 26.5 Å². The van der Waals surface area contributed by atoms with Crippen LogP contribution in [-0.2, 0) is 21.4 Å². The molecule has 4 aromatic rings. The van der Waals surface area contributed by atoms with Crippen LogP contribution < -0.4 is 19.2 Å². The minimum atomic E-state index is -4.02. The largest absolute Gasteiger partial charge is 0.494 e. The highest BCUT2D eigenvalue weighted by Crippen LogP contribution is 2.26. The molecule has 4 rings (SSSR count). The van der Waals surface area contributed by atoms with Gasteiger partial charge in [-0.3, -0.25) is 9.10 Å². The van der Waals surface area contributed by atoms with Gasteiger partial charge < -0.3 is 9.47 Å². The zero-order chi connectivity index (χ0) is 28.4. The van der Waals surface area contributed by atoms with Crippen molar-refractivity contribution < 1.29 is 22.7 Å². The number of amides is 1. The average Bonchev–Trinajstić information content (AvgIpc) is 2.97. The van der Waals surface area contributed by atoms with Crippen LogP contribution in [0.15, 0.2) is 118 Å². The first-order valence-electron chi connectivity index (χ1n) is 12.4. The Morgan fingerprint density at radius 1 is 0.875 bits per heavy atom. The molecule has 0 heterocycles. The SMILES string of the molecule is CCOc1ccc(N(CC(=O)N/N=C\c2ccc(OCc3ccc(Br)cc3)cc2)S(=O)(=O)c2ccccc2)cc1. The molecule has 4 aromatic carbocycles. The first-order valence-corrected chi connectivity index (χ1v) is 14.7. The number of anilines is 1. The standard InChI is InChI=1S/C30H28BrN3O5S/c1-2-38-27-18-14-26(15-19-27)34(40(36,37)29-6-4-3-5-7-29)21-30(35)33-32-20-23-10-16-28(17-11-23)39-22-24-8-12-25(31)13-9-24/h3-20H,2,21-22H2,1H3,(H,33,35)/b32-20-. The van der Waals surface area contributed by atoms with Crippen LogP contribution in [0.1, 0.15) is 18.1 Å². The topological polar surface area (TPSA) is 97.3 Å². The van der Waals surface area contributed by atoms with Crippen LogP contribution in [0, 0.1) is 0 Å². The minimum absolute atomic E-state index is 0.0719. The van der Waals surface area contributed by atoms with E-state index in [0.717, 1.165) is 19.9 Å². The lowest BCUT2D eigenvalue weighted by molar-refractivity contribution is -0.119. The van der Waals surface area contributed by atoms with Crippen LogP contribution >= 0.6 is 15.9 Å². The quantitative estimate of drug-likeness (QED) is 0.160. The van der Waals surface area contributed by atoms with Gasteiger partial charge >= 0.3 is 0 Å². The number of hydrogen-bond acceptors (Lipinski definition) is 6. The fourth-order valence-electron chi connectivity index (χ4n) is 3.65. The van der Waals surface area contributed by atoms with E-state index in [9.17, 15) is 13.2 Å². The Labute approximate surface area is 242 Å². The Morgan fingerprint density at radius 3 is 2.15 bits per heavy atom. The highest BCUT2D eigenvalue weighted by Gasteiger charge is 2.27. The molecule has 0 saturated heterocycles. The molecule has 0 aliphatic heterocycles. The Kier molecular flexibility index (Phi) is 9.93. The van der Waals surface area contributed by atoms with Gasteiger partial charge in [0, 0.05) is 4.47 Å². The van der Waals surface area contributed by atoms with Crippen LogP contribution in [-0.4, -0.2) is 33.7 Å². The lowest BCUT2D eigenvalue weighted by atomic mass is 10.2. The second-order valence-corrected chi connectivity index (χ2v) is 11.3. The fraction of sp³-hybridized carbons (Fsp3) is 0.133. The van der Waals surface area contributed by atoms with Crippen LogP contribution in [0.2, 0.25) is 0 Å². The van der Waals surface area contributed by atoms with E-state index in [1.165, 1.54) is 18.3 Å². The molecule has 10 heteroatoms. The van der Waals surface area contributed by atoms with E-state index in [-0.39, 0.29) is 4.90 Å². The van der Waals surface area contributed by atoms with Crippen LogP contribution in [0.25, 0.3) is 0 Å². The van der Waals surface area contributed by atoms with Gasteiger partial charge in [0.1, 0.15) is 24.7 Å². The van der Waals surface area contributed by atoms with Gasteiger partial charge in [-0.2, -0.15) is 5.10 Å². The molecular weight excluding hydrogens is 594 g/mol. The molecule has 206 valence electrons. The third kappa shape index (κ3) is 7.93. The van der Waals surface area contributed by atoms with E-state index < -0.39 is 22.5 Å². The molecule has 8 nitrogen and oxygen atoms in total. The molecule has 0 bridgehead atoms. The van der Waals surface area contributed by atoms with Crippen molar-refractivity contribution in [3.05, 3.63) is 119 Å². The van der Waals surface area contributed by atoms with Gasteiger partial charge in [-0.1, -0.05) is 46.3 Å². The fourth-order valence-corrected chi connectivity index (χ4v) is 5.36. The second kappa shape index (κ2) is 13.8. The maximum atomic E-state index is 13.4. The molecular formula is C30H28BrN3O5S. The molecule has 1 N–H and O–H groups in total. The summed E-state index contributed by atoms with van der Waals surface area (Å²) in [6, 6.07) is 29.6. The predicted octanol–water partition coefficient (Wildman–Crippen LogP) is 5.77. The van der Waals surface area contributed by atoms with Crippen molar-refractivity contribution in [2.45, 2.75) is 18.4 Å². The zero-order valence-electron chi connectivity index (χ0n) is 21.7. The summed E-state index contributed by atoms with van der Waals surface area (Å²) in [6.07, 6.45) is 1.48. The van der Waals surface area contributed by atoms with E-state index in [1.807, 2.05) is 43.3 Å². The number of rotatable bonds is 12. The third-order valence-electron chi connectivity index (χ3n) is 5.66. The Balaban J connectivity index is 1.40. The molecule has 0 aromatic heterocycles. The number of ether oxygens (including phenoxy) is 2. The van der Waals surface area contributed by atoms with Crippen LogP contribution in [0.5, 0.6) is 11.5 Å². The molecule has 0 atom stereocenters. The summed E-state index contributed by atoms with van der Waals surface area (Å²) in [4.78, 5) is 12.9. The molecule has 0 saturated carbocycles. The number of nitrogens with zero attached hydrogens (tertiary/aromatic N) is 2. The molecule has 0 fully saturated rings. The monoisotopic (exact) mass is 621 g/mol. The summed E-state index contributed by atoms with van der Waals surface area (Å²) in [5.41, 5.74) is 4.52. The van der Waals surface area contributed by atoms with E-state index >= 15 is 0 Å². The van der Waals surface area contributed by atoms with Crippen molar-refractivity contribution >= 4 is 43.8 Å². The Hall–Kier alpha value is -4.15. The second-order valence-electron chi connectivity index (χ2n) is 8.53. The van der Waals surface area contributed by atoms with E-state index in [0.29, 0.717) is 30.4 Å². The molecule has 0 spiro atoms. The summed E-state index contributed by atoms with van der Waals surface area (Å²) >= 11 is 3.41. The van der Waals surface area contributed by atoms with Gasteiger partial charge in [-0.25, -0.2) is 13.8 Å². The summed E-state index contributed by atoms with van der Waals surface area (Å²) < 4.78 is 40.2. The molecule has 0 aliphatic rings. The highest BCUT2D eigenvalue weighted by atomic mass is 79.9. The molecule has 0 aliphatic carbocycles. The van der Waals surface area contributed by atoms with E-state index in [1.54, 1.807) is 54.6 Å². The number of carbonyl (C=O) groups is 1. The normalized spacial score (nSPS) is 11.2. The number of sulfonamides is 1. The molecule has 0 radical (unpaired) electrons. The van der Waals surface area contributed by atoms with Crippen LogP contribution in [0.4, 0.5) is 5.69 Å². The number of halogens is 1. The first-order chi connectivity index (χ1) is 19.3. The lowest BCUT2D eigenvalue weighted by Crippen LogP contribution is -2.39. The average molecular weight is 623 g/mol. The Bertz CT molecular complexity index is 1530. The summed E-state index contributed by atoms with van der Waals surface area (Å²) in [5, 5.41) is 4.00. The van der Waals surface area contributed by atoms with Gasteiger partial charge in [-0.15, -0.1) is 0 Å². The van der Waals surface area contributed by atoms with Gasteiger partial charge in [0.2, 0.25) is 0 Å². The van der Waals surface area contributed by atoms with Crippen molar-refractivity contribution in [2.75, 3.05) is 17.5 Å². The third-order valence-corrected chi connectivity index (χ3v) is 7.97. The molecule has 0 unspecified atom stereocenters. The van der Waals surface area contributed by atoms with Crippen molar-refractivity contribution in [3.8, 4) is 11.5 Å². The lowest BCUT2D eigenvalue weighted by Gasteiger charge is -2.24. The summed E-state index contributed by atoms with van der Waals surface area (Å²) in [6.45, 7) is 2.31. The number of hydrogen-bond donors (Lipinski definition) is 1. The summed E-state index contributed by atoms with van der Waals surface area (Å²) in [5.74, 6) is 0.697. The number of benzene rings is 4. The number of hydrazone groups is 1. The Morgan fingerprint density at radius 2 is 1.50 bits per heavy atom. The number of carbonyl (C=O) groups excluding carboxylic acids is 1.